The van der Waals surface area contributed by atoms with Crippen LogP contribution in [-0.4, -0.2) is 12.5 Å². The Balaban J connectivity index is 1.71. The Morgan fingerprint density at radius 1 is 1.26 bits per heavy atom. The molecular formula is C16H26N2O. The van der Waals surface area contributed by atoms with Gasteiger partial charge in [-0.25, -0.2) is 0 Å². The van der Waals surface area contributed by atoms with E-state index in [0.29, 0.717) is 0 Å². The van der Waals surface area contributed by atoms with Gasteiger partial charge in [0.25, 0.3) is 0 Å². The van der Waals surface area contributed by atoms with Gasteiger partial charge in [-0.1, -0.05) is 45.4 Å². The summed E-state index contributed by atoms with van der Waals surface area (Å²) < 4.78 is 0. The summed E-state index contributed by atoms with van der Waals surface area (Å²) in [5.74, 6) is 1.64. The quantitative estimate of drug-likeness (QED) is 0.844. The summed E-state index contributed by atoms with van der Waals surface area (Å²) in [5, 5.41) is 12.3. The van der Waals surface area contributed by atoms with Crippen LogP contribution in [-0.2, 0) is 4.79 Å². The van der Waals surface area contributed by atoms with Gasteiger partial charge in [0, 0.05) is 6.54 Å². The van der Waals surface area contributed by atoms with E-state index in [1.807, 2.05) is 0 Å². The molecule has 0 saturated heterocycles. The van der Waals surface area contributed by atoms with Crippen molar-refractivity contribution < 1.29 is 4.79 Å². The normalized spacial score (nSPS) is 29.7. The molecule has 19 heavy (non-hydrogen) atoms. The van der Waals surface area contributed by atoms with Gasteiger partial charge in [0.15, 0.2) is 0 Å². The van der Waals surface area contributed by atoms with Gasteiger partial charge >= 0.3 is 0 Å². The van der Waals surface area contributed by atoms with Gasteiger partial charge in [0.1, 0.15) is 5.41 Å². The molecule has 2 saturated carbocycles. The molecule has 0 aromatic rings. The van der Waals surface area contributed by atoms with Crippen LogP contribution < -0.4 is 5.32 Å². The summed E-state index contributed by atoms with van der Waals surface area (Å²) >= 11 is 0. The molecule has 0 aromatic carbocycles. The number of amides is 1. The van der Waals surface area contributed by atoms with Crippen LogP contribution in [0.4, 0.5) is 0 Å². The molecule has 0 aliphatic heterocycles. The molecule has 2 fully saturated rings. The molecule has 0 radical (unpaired) electrons. The fraction of sp³-hybridized carbons (Fsp3) is 0.875. The number of carbonyl (C=O) groups excluding carboxylic acids is 1. The predicted octanol–water partition coefficient (Wildman–Crippen LogP) is 3.40. The minimum atomic E-state index is -0.707. The van der Waals surface area contributed by atoms with Crippen LogP contribution in [0.2, 0.25) is 0 Å². The Bertz CT molecular complexity index is 344. The van der Waals surface area contributed by atoms with Crippen molar-refractivity contribution in [1.29, 1.82) is 5.26 Å². The summed E-state index contributed by atoms with van der Waals surface area (Å²) in [6.45, 7) is 3.08. The van der Waals surface area contributed by atoms with Crippen LogP contribution in [0.15, 0.2) is 0 Å². The Morgan fingerprint density at radius 2 is 1.89 bits per heavy atom. The number of nitrogens with one attached hydrogen (secondary N) is 1. The smallest absolute Gasteiger partial charge is 0.240 e. The van der Waals surface area contributed by atoms with Crippen molar-refractivity contribution in [3.05, 3.63) is 0 Å². The summed E-state index contributed by atoms with van der Waals surface area (Å²) in [6, 6.07) is 2.26. The van der Waals surface area contributed by atoms with E-state index in [1.165, 1.54) is 25.7 Å². The Morgan fingerprint density at radius 3 is 2.47 bits per heavy atom. The number of nitrogens with zero attached hydrogens (tertiary/aromatic N) is 1. The lowest BCUT2D eigenvalue weighted by Crippen LogP contribution is -2.39. The van der Waals surface area contributed by atoms with Crippen molar-refractivity contribution in [2.75, 3.05) is 6.54 Å². The third-order valence-electron chi connectivity index (χ3n) is 5.08. The lowest BCUT2D eigenvalue weighted by atomic mass is 9.81. The molecule has 2 aliphatic rings. The average Bonchev–Trinajstić information content (AvgIpc) is 2.91. The van der Waals surface area contributed by atoms with Gasteiger partial charge in [-0.15, -0.1) is 0 Å². The van der Waals surface area contributed by atoms with Crippen molar-refractivity contribution in [3.8, 4) is 6.07 Å². The van der Waals surface area contributed by atoms with Crippen LogP contribution in [0.25, 0.3) is 0 Å². The van der Waals surface area contributed by atoms with E-state index in [2.05, 4.69) is 18.3 Å². The fourth-order valence-corrected chi connectivity index (χ4v) is 3.55. The number of carbonyl (C=O) groups is 1. The van der Waals surface area contributed by atoms with E-state index in [9.17, 15) is 10.1 Å². The van der Waals surface area contributed by atoms with E-state index in [-0.39, 0.29) is 5.91 Å². The molecule has 0 aromatic heterocycles. The Hall–Kier alpha value is -1.04. The minimum absolute atomic E-state index is 0.0170. The molecule has 2 aliphatic carbocycles. The van der Waals surface area contributed by atoms with Crippen molar-refractivity contribution in [2.45, 2.75) is 64.7 Å². The first kappa shape index (κ1) is 14.4. The van der Waals surface area contributed by atoms with Crippen LogP contribution in [0.5, 0.6) is 0 Å². The second-order valence-electron chi connectivity index (χ2n) is 6.57. The van der Waals surface area contributed by atoms with Crippen LogP contribution >= 0.6 is 0 Å². The number of nitriles is 1. The maximum Gasteiger partial charge on any atom is 0.240 e. The largest absolute Gasteiger partial charge is 0.355 e. The van der Waals surface area contributed by atoms with Gasteiger partial charge in [-0.2, -0.15) is 5.26 Å². The average molecular weight is 262 g/mol. The third-order valence-corrected chi connectivity index (χ3v) is 5.08. The minimum Gasteiger partial charge on any atom is -0.355 e. The number of rotatable bonds is 4. The molecule has 1 N–H and O–H groups in total. The van der Waals surface area contributed by atoms with Crippen molar-refractivity contribution in [3.63, 3.8) is 0 Å². The predicted molar refractivity (Wildman–Crippen MR) is 75.3 cm³/mol. The van der Waals surface area contributed by atoms with E-state index in [4.69, 9.17) is 0 Å². The fourth-order valence-electron chi connectivity index (χ4n) is 3.55. The molecule has 3 nitrogen and oxygen atoms in total. The van der Waals surface area contributed by atoms with E-state index in [0.717, 1.165) is 50.5 Å². The Labute approximate surface area is 116 Å². The molecule has 0 unspecified atom stereocenters. The standard InChI is InChI=1S/C16H26N2O/c1-13-4-6-14(7-5-13)8-11-18-15(19)16(12-17)9-2-3-10-16/h13-14H,2-11H2,1H3,(H,18,19). The molecule has 0 spiro atoms. The highest BCUT2D eigenvalue weighted by molar-refractivity contribution is 5.85. The highest BCUT2D eigenvalue weighted by Crippen LogP contribution is 2.37. The summed E-state index contributed by atoms with van der Waals surface area (Å²) in [4.78, 5) is 12.2. The second kappa shape index (κ2) is 6.41. The molecule has 106 valence electrons. The maximum atomic E-state index is 12.2. The zero-order valence-corrected chi connectivity index (χ0v) is 12.1. The van der Waals surface area contributed by atoms with E-state index >= 15 is 0 Å². The van der Waals surface area contributed by atoms with Crippen LogP contribution in [0, 0.1) is 28.6 Å². The topological polar surface area (TPSA) is 52.9 Å². The van der Waals surface area contributed by atoms with Gasteiger partial charge in [-0.3, -0.25) is 4.79 Å². The van der Waals surface area contributed by atoms with Gasteiger partial charge < -0.3 is 5.32 Å². The molecule has 2 rings (SSSR count). The lowest BCUT2D eigenvalue weighted by Gasteiger charge is -2.26. The van der Waals surface area contributed by atoms with Crippen LogP contribution in [0.1, 0.15) is 64.7 Å². The van der Waals surface area contributed by atoms with Gasteiger partial charge in [0.05, 0.1) is 6.07 Å². The first-order valence-corrected chi connectivity index (χ1v) is 7.86. The summed E-state index contributed by atoms with van der Waals surface area (Å²) in [7, 11) is 0. The molecule has 0 heterocycles. The molecule has 0 bridgehead atoms. The van der Waals surface area contributed by atoms with Crippen molar-refractivity contribution in [1.82, 2.24) is 5.32 Å². The van der Waals surface area contributed by atoms with Gasteiger partial charge in [-0.05, 0) is 31.1 Å². The van der Waals surface area contributed by atoms with Crippen LogP contribution in [0.3, 0.4) is 0 Å². The third kappa shape index (κ3) is 3.49. The van der Waals surface area contributed by atoms with Crippen molar-refractivity contribution in [2.24, 2.45) is 17.3 Å². The molecular weight excluding hydrogens is 236 g/mol. The summed E-state index contributed by atoms with van der Waals surface area (Å²) in [5.41, 5.74) is -0.707. The molecule has 1 amide bonds. The zero-order valence-electron chi connectivity index (χ0n) is 12.1. The highest BCUT2D eigenvalue weighted by Gasteiger charge is 2.41. The monoisotopic (exact) mass is 262 g/mol. The molecule has 3 heteroatoms. The SMILES string of the molecule is CC1CCC(CCNC(=O)C2(C#N)CCCC2)CC1. The lowest BCUT2D eigenvalue weighted by molar-refractivity contribution is -0.128. The van der Waals surface area contributed by atoms with Gasteiger partial charge in [0.2, 0.25) is 5.91 Å². The number of hydrogen-bond acceptors (Lipinski definition) is 2. The van der Waals surface area contributed by atoms with E-state index in [1.54, 1.807) is 0 Å². The van der Waals surface area contributed by atoms with Crippen molar-refractivity contribution >= 4 is 5.91 Å². The highest BCUT2D eigenvalue weighted by atomic mass is 16.2. The molecule has 0 atom stereocenters. The first-order chi connectivity index (χ1) is 9.16. The van der Waals surface area contributed by atoms with E-state index < -0.39 is 5.41 Å². The Kier molecular flexibility index (Phi) is 4.85. The summed E-state index contributed by atoms with van der Waals surface area (Å²) in [6.07, 6.45) is 9.89. The second-order valence-corrected chi connectivity index (χ2v) is 6.57. The zero-order chi connectivity index (χ0) is 13.7. The maximum absolute atomic E-state index is 12.2. The number of hydrogen-bond donors (Lipinski definition) is 1. The first-order valence-electron chi connectivity index (χ1n) is 7.86.